The van der Waals surface area contributed by atoms with Crippen molar-refractivity contribution in [2.24, 2.45) is 0 Å². The molecular weight excluding hydrogens is 326 g/mol. The second kappa shape index (κ2) is 6.63. The summed E-state index contributed by atoms with van der Waals surface area (Å²) in [6.45, 7) is 3.53. The van der Waals surface area contributed by atoms with E-state index in [2.05, 4.69) is 41.2 Å². The summed E-state index contributed by atoms with van der Waals surface area (Å²) >= 11 is 0. The molecule has 0 N–H and O–H groups in total. The number of benzene rings is 2. The van der Waals surface area contributed by atoms with Gasteiger partial charge in [0.05, 0.1) is 0 Å². The standard InChI is InChI=1S/C20H21N5O/c1-15-11-23(2)19-6-4-3-5-17(19)12-25(15)20(26)16-7-9-18(10-8-16)24-13-21-22-14-24/h3-10,13-15H,11-12H2,1-2H3/t15-/m0/s1. The lowest BCUT2D eigenvalue weighted by Gasteiger charge is -2.28. The van der Waals surface area contributed by atoms with Gasteiger partial charge in [-0.15, -0.1) is 10.2 Å². The van der Waals surface area contributed by atoms with E-state index in [9.17, 15) is 4.79 Å². The Morgan fingerprint density at radius 1 is 1.04 bits per heavy atom. The summed E-state index contributed by atoms with van der Waals surface area (Å²) in [7, 11) is 2.08. The van der Waals surface area contributed by atoms with Crippen LogP contribution in [0, 0.1) is 0 Å². The third-order valence-electron chi connectivity index (χ3n) is 4.91. The fraction of sp³-hybridized carbons (Fsp3) is 0.250. The van der Waals surface area contributed by atoms with Crippen LogP contribution in [0.5, 0.6) is 0 Å². The molecule has 6 nitrogen and oxygen atoms in total. The van der Waals surface area contributed by atoms with E-state index in [1.54, 1.807) is 12.7 Å². The van der Waals surface area contributed by atoms with Gasteiger partial charge in [0.25, 0.3) is 5.91 Å². The van der Waals surface area contributed by atoms with Crippen LogP contribution in [0.1, 0.15) is 22.8 Å². The van der Waals surface area contributed by atoms with E-state index in [1.165, 1.54) is 11.3 Å². The second-order valence-corrected chi connectivity index (χ2v) is 6.71. The van der Waals surface area contributed by atoms with E-state index in [0.29, 0.717) is 12.1 Å². The van der Waals surface area contributed by atoms with Crippen molar-refractivity contribution >= 4 is 11.6 Å². The molecule has 0 saturated carbocycles. The highest BCUT2D eigenvalue weighted by Crippen LogP contribution is 2.27. The first-order valence-corrected chi connectivity index (χ1v) is 8.68. The highest BCUT2D eigenvalue weighted by atomic mass is 16.2. The van der Waals surface area contributed by atoms with Crippen molar-refractivity contribution in [1.29, 1.82) is 0 Å². The zero-order valence-corrected chi connectivity index (χ0v) is 14.9. The van der Waals surface area contributed by atoms with Crippen LogP contribution in [0.25, 0.3) is 5.69 Å². The van der Waals surface area contributed by atoms with Gasteiger partial charge < -0.3 is 9.80 Å². The summed E-state index contributed by atoms with van der Waals surface area (Å²) in [5.41, 5.74) is 3.99. The average Bonchev–Trinajstić information content (AvgIpc) is 3.16. The van der Waals surface area contributed by atoms with Crippen molar-refractivity contribution in [3.05, 3.63) is 72.3 Å². The lowest BCUT2D eigenvalue weighted by Crippen LogP contribution is -2.41. The molecule has 26 heavy (non-hydrogen) atoms. The van der Waals surface area contributed by atoms with Crippen LogP contribution < -0.4 is 4.90 Å². The van der Waals surface area contributed by atoms with Gasteiger partial charge in [-0.25, -0.2) is 0 Å². The van der Waals surface area contributed by atoms with E-state index in [4.69, 9.17) is 0 Å². The largest absolute Gasteiger partial charge is 0.372 e. The predicted octanol–water partition coefficient (Wildman–Crippen LogP) is 2.75. The molecule has 1 atom stereocenters. The van der Waals surface area contributed by atoms with Gasteiger partial charge in [0.1, 0.15) is 12.7 Å². The molecule has 1 amide bonds. The summed E-state index contributed by atoms with van der Waals surface area (Å²) in [6, 6.07) is 16.0. The Morgan fingerprint density at radius 2 is 1.73 bits per heavy atom. The molecule has 6 heteroatoms. The maximum atomic E-state index is 13.2. The van der Waals surface area contributed by atoms with Crippen molar-refractivity contribution in [2.75, 3.05) is 18.5 Å². The Kier molecular flexibility index (Phi) is 4.16. The topological polar surface area (TPSA) is 54.3 Å². The molecule has 132 valence electrons. The van der Waals surface area contributed by atoms with E-state index in [0.717, 1.165) is 12.2 Å². The number of hydrogen-bond donors (Lipinski definition) is 0. The lowest BCUT2D eigenvalue weighted by molar-refractivity contribution is 0.0687. The molecule has 3 aromatic rings. The van der Waals surface area contributed by atoms with Gasteiger partial charge in [0, 0.05) is 43.1 Å². The molecule has 1 aliphatic rings. The Bertz CT molecular complexity index is 904. The van der Waals surface area contributed by atoms with Crippen molar-refractivity contribution in [1.82, 2.24) is 19.7 Å². The number of hydrogen-bond acceptors (Lipinski definition) is 4. The second-order valence-electron chi connectivity index (χ2n) is 6.71. The van der Waals surface area contributed by atoms with Gasteiger partial charge in [0.2, 0.25) is 0 Å². The Balaban J connectivity index is 1.61. The molecule has 1 aliphatic heterocycles. The smallest absolute Gasteiger partial charge is 0.254 e. The quantitative estimate of drug-likeness (QED) is 0.715. The molecule has 2 aromatic carbocycles. The van der Waals surface area contributed by atoms with Crippen molar-refractivity contribution in [3.63, 3.8) is 0 Å². The van der Waals surface area contributed by atoms with Gasteiger partial charge in [-0.3, -0.25) is 9.36 Å². The maximum Gasteiger partial charge on any atom is 0.254 e. The van der Waals surface area contributed by atoms with Crippen LogP contribution in [-0.4, -0.2) is 45.2 Å². The summed E-state index contributed by atoms with van der Waals surface area (Å²) in [4.78, 5) is 17.3. The minimum absolute atomic E-state index is 0.0536. The average molecular weight is 347 g/mol. The number of rotatable bonds is 2. The number of carbonyl (C=O) groups excluding carboxylic acids is 1. The first-order chi connectivity index (χ1) is 12.6. The number of amides is 1. The van der Waals surface area contributed by atoms with Gasteiger partial charge >= 0.3 is 0 Å². The molecule has 0 fully saturated rings. The van der Waals surface area contributed by atoms with Gasteiger partial charge in [-0.05, 0) is 42.8 Å². The number of para-hydroxylation sites is 1. The first kappa shape index (κ1) is 16.3. The van der Waals surface area contributed by atoms with Crippen LogP contribution in [0.15, 0.2) is 61.2 Å². The van der Waals surface area contributed by atoms with E-state index in [-0.39, 0.29) is 11.9 Å². The summed E-state index contributed by atoms with van der Waals surface area (Å²) in [6.07, 6.45) is 3.28. The molecule has 0 bridgehead atoms. The zero-order valence-electron chi connectivity index (χ0n) is 14.9. The van der Waals surface area contributed by atoms with Crippen LogP contribution >= 0.6 is 0 Å². The highest BCUT2D eigenvalue weighted by Gasteiger charge is 2.27. The zero-order chi connectivity index (χ0) is 18.1. The molecule has 0 radical (unpaired) electrons. The number of anilines is 1. The van der Waals surface area contributed by atoms with Crippen LogP contribution in [-0.2, 0) is 6.54 Å². The summed E-state index contributed by atoms with van der Waals surface area (Å²) < 4.78 is 1.81. The third-order valence-corrected chi connectivity index (χ3v) is 4.91. The molecule has 0 unspecified atom stereocenters. The lowest BCUT2D eigenvalue weighted by atomic mass is 10.1. The number of fused-ring (bicyclic) bond motifs is 1. The fourth-order valence-electron chi connectivity index (χ4n) is 3.50. The molecular formula is C20H21N5O. The molecule has 0 aliphatic carbocycles. The van der Waals surface area contributed by atoms with Gasteiger partial charge in [0.15, 0.2) is 0 Å². The number of carbonyl (C=O) groups is 1. The molecule has 2 heterocycles. The van der Waals surface area contributed by atoms with Crippen LogP contribution in [0.3, 0.4) is 0 Å². The van der Waals surface area contributed by atoms with Crippen LogP contribution in [0.4, 0.5) is 5.69 Å². The summed E-state index contributed by atoms with van der Waals surface area (Å²) in [5.74, 6) is 0.0536. The monoisotopic (exact) mass is 347 g/mol. The van der Waals surface area contributed by atoms with E-state index < -0.39 is 0 Å². The molecule has 1 aromatic heterocycles. The van der Waals surface area contributed by atoms with Crippen LogP contribution in [0.2, 0.25) is 0 Å². The predicted molar refractivity (Wildman–Crippen MR) is 100 cm³/mol. The Morgan fingerprint density at radius 3 is 2.46 bits per heavy atom. The van der Waals surface area contributed by atoms with Crippen molar-refractivity contribution in [3.8, 4) is 5.69 Å². The minimum Gasteiger partial charge on any atom is -0.372 e. The Labute approximate surface area is 152 Å². The Hall–Kier alpha value is -3.15. The number of nitrogens with zero attached hydrogens (tertiary/aromatic N) is 5. The minimum atomic E-state index is 0.0536. The SMILES string of the molecule is C[C@H]1CN(C)c2ccccc2CN1C(=O)c1ccc(-n2cnnc2)cc1. The van der Waals surface area contributed by atoms with Gasteiger partial charge in [-0.2, -0.15) is 0 Å². The molecule has 0 saturated heterocycles. The third kappa shape index (κ3) is 2.94. The highest BCUT2D eigenvalue weighted by molar-refractivity contribution is 5.94. The number of aromatic nitrogens is 3. The summed E-state index contributed by atoms with van der Waals surface area (Å²) in [5, 5.41) is 7.62. The normalized spacial score (nSPS) is 16.9. The van der Waals surface area contributed by atoms with E-state index >= 15 is 0 Å². The first-order valence-electron chi connectivity index (χ1n) is 8.68. The number of likely N-dealkylation sites (N-methyl/N-ethyl adjacent to an activating group) is 1. The van der Waals surface area contributed by atoms with Gasteiger partial charge in [-0.1, -0.05) is 18.2 Å². The van der Waals surface area contributed by atoms with Crippen molar-refractivity contribution < 1.29 is 4.79 Å². The van der Waals surface area contributed by atoms with Crippen molar-refractivity contribution in [2.45, 2.75) is 19.5 Å². The van der Waals surface area contributed by atoms with E-state index in [1.807, 2.05) is 45.9 Å². The molecule has 0 spiro atoms. The maximum absolute atomic E-state index is 13.2. The molecule has 4 rings (SSSR count). The fourth-order valence-corrected chi connectivity index (χ4v) is 3.50.